The van der Waals surface area contributed by atoms with Crippen LogP contribution in [0.25, 0.3) is 22.3 Å². The van der Waals surface area contributed by atoms with Gasteiger partial charge in [0.05, 0.1) is 5.39 Å². The lowest BCUT2D eigenvalue weighted by Gasteiger charge is -2.28. The Balaban J connectivity index is 1.12. The normalized spacial score (nSPS) is 15.9. The minimum absolute atomic E-state index is 0.107. The van der Waals surface area contributed by atoms with Crippen molar-refractivity contribution in [3.63, 3.8) is 0 Å². The largest absolute Gasteiger partial charge is 0.502 e. The van der Waals surface area contributed by atoms with Crippen LogP contribution < -0.4 is 14.9 Å². The van der Waals surface area contributed by atoms with Crippen LogP contribution in [0, 0.1) is 0 Å². The van der Waals surface area contributed by atoms with E-state index in [4.69, 9.17) is 13.9 Å². The predicted octanol–water partition coefficient (Wildman–Crippen LogP) is 7.19. The molecule has 0 bridgehead atoms. The summed E-state index contributed by atoms with van der Waals surface area (Å²) in [6, 6.07) is 30.6. The molecular weight excluding hydrogens is 576 g/mol. The Morgan fingerprint density at radius 2 is 1.48 bits per heavy atom. The van der Waals surface area contributed by atoms with Crippen LogP contribution in [0.4, 0.5) is 0 Å². The fourth-order valence-electron chi connectivity index (χ4n) is 6.60. The van der Waals surface area contributed by atoms with Gasteiger partial charge in [-0.1, -0.05) is 91.3 Å². The summed E-state index contributed by atoms with van der Waals surface area (Å²) < 4.78 is 19.5. The number of benzene rings is 4. The molecular formula is C39H40N2O5. The maximum Gasteiger partial charge on any atom is 0.305 e. The Kier molecular flexibility index (Phi) is 8.52. The second-order valence-electron chi connectivity index (χ2n) is 12.4. The van der Waals surface area contributed by atoms with Gasteiger partial charge in [0.1, 0.15) is 0 Å². The van der Waals surface area contributed by atoms with E-state index in [1.807, 2.05) is 84.9 Å². The molecule has 0 saturated carbocycles. The van der Waals surface area contributed by atoms with Crippen molar-refractivity contribution in [1.82, 2.24) is 9.80 Å². The summed E-state index contributed by atoms with van der Waals surface area (Å²) in [7, 11) is 2.20. The molecule has 5 aromatic rings. The smallest absolute Gasteiger partial charge is 0.305 e. The molecule has 236 valence electrons. The number of hydrogen-bond acceptors (Lipinski definition) is 7. The summed E-state index contributed by atoms with van der Waals surface area (Å²) in [6.07, 6.45) is 6.02. The molecule has 7 rings (SSSR count). The summed E-state index contributed by atoms with van der Waals surface area (Å²) in [5, 5.41) is 11.2. The van der Waals surface area contributed by atoms with Crippen molar-refractivity contribution < 1.29 is 19.0 Å². The molecule has 46 heavy (non-hydrogen) atoms. The van der Waals surface area contributed by atoms with Gasteiger partial charge in [-0.3, -0.25) is 4.79 Å². The summed E-state index contributed by atoms with van der Waals surface area (Å²) in [5.41, 5.74) is 3.14. The van der Waals surface area contributed by atoms with E-state index < -0.39 is 17.0 Å². The van der Waals surface area contributed by atoms with E-state index in [9.17, 15) is 9.90 Å². The minimum atomic E-state index is -1.26. The zero-order valence-electron chi connectivity index (χ0n) is 26.3. The van der Waals surface area contributed by atoms with Gasteiger partial charge in [0.2, 0.25) is 16.9 Å². The third kappa shape index (κ3) is 5.88. The third-order valence-corrected chi connectivity index (χ3v) is 9.23. The Hall–Kier alpha value is -4.59. The van der Waals surface area contributed by atoms with Crippen molar-refractivity contribution in [2.45, 2.75) is 37.9 Å². The third-order valence-electron chi connectivity index (χ3n) is 9.23. The number of likely N-dealkylation sites (N-methyl/N-ethyl adjacent to an activating group) is 1. The highest BCUT2D eigenvalue weighted by Gasteiger charge is 2.47. The summed E-state index contributed by atoms with van der Waals surface area (Å²) in [4.78, 5) is 18.4. The van der Waals surface area contributed by atoms with E-state index in [0.717, 1.165) is 43.6 Å². The first-order valence-electron chi connectivity index (χ1n) is 16.3. The first-order valence-corrected chi connectivity index (χ1v) is 16.3. The molecule has 1 N–H and O–H groups in total. The van der Waals surface area contributed by atoms with E-state index in [-0.39, 0.29) is 16.7 Å². The van der Waals surface area contributed by atoms with Crippen LogP contribution in [0.1, 0.15) is 42.4 Å². The molecule has 0 amide bonds. The van der Waals surface area contributed by atoms with Crippen molar-refractivity contribution in [2.24, 2.45) is 0 Å². The lowest BCUT2D eigenvalue weighted by Crippen LogP contribution is -2.36. The van der Waals surface area contributed by atoms with Gasteiger partial charge in [0, 0.05) is 29.8 Å². The maximum absolute atomic E-state index is 13.4. The molecule has 1 fully saturated rings. The summed E-state index contributed by atoms with van der Waals surface area (Å²) >= 11 is 0. The Morgan fingerprint density at radius 3 is 2.15 bits per heavy atom. The fraction of sp³-hybridized carbons (Fsp3) is 0.308. The van der Waals surface area contributed by atoms with E-state index in [0.29, 0.717) is 17.1 Å². The zero-order chi connectivity index (χ0) is 31.5. The van der Waals surface area contributed by atoms with E-state index in [1.165, 1.54) is 37.9 Å². The molecule has 0 aliphatic carbocycles. The van der Waals surface area contributed by atoms with Gasteiger partial charge in [0.25, 0.3) is 0 Å². The quantitative estimate of drug-likeness (QED) is 0.178. The molecule has 2 aliphatic rings. The highest BCUT2D eigenvalue weighted by atomic mass is 16.7. The van der Waals surface area contributed by atoms with Crippen LogP contribution in [-0.2, 0) is 12.2 Å². The molecule has 1 aromatic heterocycles. The van der Waals surface area contributed by atoms with Crippen LogP contribution in [0.2, 0.25) is 0 Å². The Bertz CT molecular complexity index is 1810. The molecule has 0 atom stereocenters. The lowest BCUT2D eigenvalue weighted by molar-refractivity contribution is -0.0456. The topological polar surface area (TPSA) is 75.4 Å². The SMILES string of the molecule is CN(CCCc1ccc(-c2oc3c4c(ccc3c(=O)c2O)OC(c2ccccc2)(c2ccccc2)O4)cc1)CCN1CCCCC1. The van der Waals surface area contributed by atoms with Gasteiger partial charge in [-0.15, -0.1) is 0 Å². The first kappa shape index (κ1) is 30.1. The number of hydrogen-bond donors (Lipinski definition) is 1. The number of ether oxygens (including phenoxy) is 2. The zero-order valence-corrected chi connectivity index (χ0v) is 26.3. The molecule has 0 radical (unpaired) electrons. The number of piperidine rings is 1. The molecule has 7 nitrogen and oxygen atoms in total. The van der Waals surface area contributed by atoms with Gasteiger partial charge in [-0.2, -0.15) is 0 Å². The van der Waals surface area contributed by atoms with Crippen LogP contribution in [0.15, 0.2) is 106 Å². The Labute approximate surface area is 269 Å². The number of fused-ring (bicyclic) bond motifs is 3. The number of aryl methyl sites for hydroxylation is 1. The van der Waals surface area contributed by atoms with E-state index in [2.05, 4.69) is 16.8 Å². The second kappa shape index (κ2) is 13.0. The monoisotopic (exact) mass is 616 g/mol. The average molecular weight is 617 g/mol. The first-order chi connectivity index (χ1) is 22.5. The number of rotatable bonds is 10. The highest BCUT2D eigenvalue weighted by Crippen LogP contribution is 2.51. The van der Waals surface area contributed by atoms with Crippen molar-refractivity contribution in [3.05, 3.63) is 124 Å². The van der Waals surface area contributed by atoms with Gasteiger partial charge in [-0.25, -0.2) is 0 Å². The minimum Gasteiger partial charge on any atom is -0.502 e. The second-order valence-corrected chi connectivity index (χ2v) is 12.4. The number of aromatic hydroxyl groups is 1. The molecule has 3 heterocycles. The predicted molar refractivity (Wildman–Crippen MR) is 181 cm³/mol. The van der Waals surface area contributed by atoms with Crippen LogP contribution in [0.3, 0.4) is 0 Å². The van der Waals surface area contributed by atoms with E-state index in [1.54, 1.807) is 12.1 Å². The number of nitrogens with zero attached hydrogens (tertiary/aromatic N) is 2. The maximum atomic E-state index is 13.4. The van der Waals surface area contributed by atoms with Crippen molar-refractivity contribution in [2.75, 3.05) is 39.8 Å². The van der Waals surface area contributed by atoms with Crippen molar-refractivity contribution in [1.29, 1.82) is 0 Å². The van der Waals surface area contributed by atoms with Gasteiger partial charge in [-0.05, 0) is 70.1 Å². The van der Waals surface area contributed by atoms with Gasteiger partial charge >= 0.3 is 5.79 Å². The van der Waals surface area contributed by atoms with Gasteiger partial charge in [0.15, 0.2) is 17.1 Å². The molecule has 0 spiro atoms. The lowest BCUT2D eigenvalue weighted by atomic mass is 9.97. The standard InChI is InChI=1S/C39H40N2O5/c1-40(26-27-41-24-9-4-10-25-41)23-11-12-28-17-19-29(20-18-28)36-35(43)34(42)32-21-22-33-38(37(32)44-36)46-39(45-33,30-13-5-2-6-14-30)31-15-7-3-8-16-31/h2-3,5-8,13-22,43H,4,9-12,23-27H2,1H3. The number of likely N-dealkylation sites (tertiary alicyclic amines) is 1. The van der Waals surface area contributed by atoms with Crippen LogP contribution in [-0.4, -0.2) is 54.7 Å². The molecule has 7 heteroatoms. The van der Waals surface area contributed by atoms with Crippen molar-refractivity contribution >= 4 is 11.0 Å². The fourth-order valence-corrected chi connectivity index (χ4v) is 6.60. The summed E-state index contributed by atoms with van der Waals surface area (Å²) in [6.45, 7) is 5.74. The van der Waals surface area contributed by atoms with Crippen molar-refractivity contribution in [3.8, 4) is 28.6 Å². The van der Waals surface area contributed by atoms with Crippen LogP contribution >= 0.6 is 0 Å². The van der Waals surface area contributed by atoms with E-state index >= 15 is 0 Å². The van der Waals surface area contributed by atoms with Crippen LogP contribution in [0.5, 0.6) is 17.2 Å². The molecule has 4 aromatic carbocycles. The molecule has 1 saturated heterocycles. The molecule has 2 aliphatic heterocycles. The molecule has 0 unspecified atom stereocenters. The highest BCUT2D eigenvalue weighted by molar-refractivity contribution is 5.89. The summed E-state index contributed by atoms with van der Waals surface area (Å²) in [5.74, 6) is -0.804. The average Bonchev–Trinajstić information content (AvgIpc) is 3.52. The van der Waals surface area contributed by atoms with Gasteiger partial charge < -0.3 is 28.8 Å². The Morgan fingerprint density at radius 1 is 0.804 bits per heavy atom.